The minimum absolute atomic E-state index is 0.249. The SMILES string of the molecule is CC.CC(C)C1(CCS)CCc2c(C(C)(C)C)cccc21. The van der Waals surface area contributed by atoms with Crippen molar-refractivity contribution < 1.29 is 0 Å². The molecule has 1 aromatic rings. The number of hydrogen-bond acceptors (Lipinski definition) is 1. The third-order valence-corrected chi connectivity index (χ3v) is 5.23. The summed E-state index contributed by atoms with van der Waals surface area (Å²) in [5.74, 6) is 1.67. The van der Waals surface area contributed by atoms with Crippen molar-refractivity contribution in [2.24, 2.45) is 5.92 Å². The number of fused-ring (bicyclic) bond motifs is 1. The van der Waals surface area contributed by atoms with E-state index in [0.717, 1.165) is 5.75 Å². The van der Waals surface area contributed by atoms with Crippen LogP contribution >= 0.6 is 12.6 Å². The Hall–Kier alpha value is -0.430. The van der Waals surface area contributed by atoms with E-state index < -0.39 is 0 Å². The molecule has 0 nitrogen and oxygen atoms in total. The molecule has 0 bridgehead atoms. The van der Waals surface area contributed by atoms with Crippen molar-refractivity contribution in [2.45, 2.75) is 78.6 Å². The molecule has 1 aromatic carbocycles. The molecule has 21 heavy (non-hydrogen) atoms. The van der Waals surface area contributed by atoms with Gasteiger partial charge in [0.05, 0.1) is 0 Å². The molecule has 0 amide bonds. The first-order valence-corrected chi connectivity index (χ1v) is 9.20. The van der Waals surface area contributed by atoms with Crippen molar-refractivity contribution in [3.63, 3.8) is 0 Å². The highest BCUT2D eigenvalue weighted by molar-refractivity contribution is 7.80. The summed E-state index contributed by atoms with van der Waals surface area (Å²) in [4.78, 5) is 0. The fourth-order valence-electron chi connectivity index (χ4n) is 3.86. The van der Waals surface area contributed by atoms with Gasteiger partial charge < -0.3 is 0 Å². The molecule has 0 N–H and O–H groups in total. The van der Waals surface area contributed by atoms with E-state index in [9.17, 15) is 0 Å². The molecule has 0 aliphatic heterocycles. The Morgan fingerprint density at radius 2 is 1.81 bits per heavy atom. The Morgan fingerprint density at radius 1 is 1.19 bits per heavy atom. The molecule has 1 atom stereocenters. The largest absolute Gasteiger partial charge is 0.179 e. The van der Waals surface area contributed by atoms with Crippen LogP contribution in [0.2, 0.25) is 0 Å². The minimum Gasteiger partial charge on any atom is -0.179 e. The van der Waals surface area contributed by atoms with E-state index in [1.54, 1.807) is 16.7 Å². The Morgan fingerprint density at radius 3 is 2.29 bits per heavy atom. The maximum atomic E-state index is 4.52. The van der Waals surface area contributed by atoms with Crippen molar-refractivity contribution in [1.29, 1.82) is 0 Å². The summed E-state index contributed by atoms with van der Waals surface area (Å²) < 4.78 is 0. The van der Waals surface area contributed by atoms with Gasteiger partial charge in [0.15, 0.2) is 0 Å². The number of rotatable bonds is 3. The zero-order valence-electron chi connectivity index (χ0n) is 15.1. The van der Waals surface area contributed by atoms with Crippen LogP contribution in [-0.2, 0) is 17.3 Å². The lowest BCUT2D eigenvalue weighted by Gasteiger charge is -2.35. The lowest BCUT2D eigenvalue weighted by Crippen LogP contribution is -2.30. The van der Waals surface area contributed by atoms with Gasteiger partial charge in [0.2, 0.25) is 0 Å². The molecule has 0 saturated carbocycles. The Labute approximate surface area is 138 Å². The summed E-state index contributed by atoms with van der Waals surface area (Å²) in [6, 6.07) is 6.97. The minimum atomic E-state index is 0.249. The highest BCUT2D eigenvalue weighted by Crippen LogP contribution is 2.49. The summed E-state index contributed by atoms with van der Waals surface area (Å²) in [6.45, 7) is 15.7. The van der Waals surface area contributed by atoms with Crippen LogP contribution in [0.1, 0.15) is 78.0 Å². The molecular formula is C20H34S. The highest BCUT2D eigenvalue weighted by Gasteiger charge is 2.42. The zero-order chi connectivity index (χ0) is 16.3. The first-order chi connectivity index (χ1) is 9.83. The first-order valence-electron chi connectivity index (χ1n) is 8.56. The highest BCUT2D eigenvalue weighted by atomic mass is 32.1. The van der Waals surface area contributed by atoms with Crippen LogP contribution in [0, 0.1) is 5.92 Å². The second kappa shape index (κ2) is 7.22. The molecule has 0 aromatic heterocycles. The van der Waals surface area contributed by atoms with Crippen molar-refractivity contribution >= 4 is 12.6 Å². The van der Waals surface area contributed by atoms with Gasteiger partial charge in [-0.25, -0.2) is 0 Å². The van der Waals surface area contributed by atoms with E-state index >= 15 is 0 Å². The molecular weight excluding hydrogens is 272 g/mol. The summed E-state index contributed by atoms with van der Waals surface area (Å²) in [5, 5.41) is 0. The summed E-state index contributed by atoms with van der Waals surface area (Å²) in [7, 11) is 0. The van der Waals surface area contributed by atoms with Gasteiger partial charge in [0.25, 0.3) is 0 Å². The molecule has 0 saturated heterocycles. The molecule has 1 aliphatic carbocycles. The summed E-state index contributed by atoms with van der Waals surface area (Å²) >= 11 is 4.52. The van der Waals surface area contributed by atoms with Crippen molar-refractivity contribution in [3.05, 3.63) is 34.9 Å². The van der Waals surface area contributed by atoms with E-state index in [-0.39, 0.29) is 5.41 Å². The molecule has 2 rings (SSSR count). The normalized spacial score (nSPS) is 21.0. The second-order valence-electron chi connectivity index (χ2n) is 7.37. The molecule has 0 radical (unpaired) electrons. The van der Waals surface area contributed by atoms with E-state index in [0.29, 0.717) is 11.3 Å². The van der Waals surface area contributed by atoms with Gasteiger partial charge in [0, 0.05) is 0 Å². The van der Waals surface area contributed by atoms with Crippen LogP contribution in [0.25, 0.3) is 0 Å². The Bertz CT molecular complexity index is 453. The van der Waals surface area contributed by atoms with Crippen LogP contribution in [0.3, 0.4) is 0 Å². The van der Waals surface area contributed by atoms with Crippen LogP contribution in [0.5, 0.6) is 0 Å². The molecule has 1 aliphatic rings. The maximum Gasteiger partial charge on any atom is -0.00103 e. The van der Waals surface area contributed by atoms with E-state index in [4.69, 9.17) is 0 Å². The van der Waals surface area contributed by atoms with Crippen LogP contribution in [0.15, 0.2) is 18.2 Å². The molecule has 1 heteroatoms. The zero-order valence-corrected chi connectivity index (χ0v) is 16.0. The predicted octanol–water partition coefficient (Wildman–Crippen LogP) is 6.17. The van der Waals surface area contributed by atoms with Gasteiger partial charge in [-0.3, -0.25) is 0 Å². The van der Waals surface area contributed by atoms with Gasteiger partial charge in [-0.05, 0) is 58.5 Å². The van der Waals surface area contributed by atoms with Gasteiger partial charge in [-0.15, -0.1) is 0 Å². The Balaban J connectivity index is 0.00000106. The van der Waals surface area contributed by atoms with Gasteiger partial charge in [0.1, 0.15) is 0 Å². The van der Waals surface area contributed by atoms with E-state index in [2.05, 4.69) is 65.4 Å². The lowest BCUT2D eigenvalue weighted by atomic mass is 9.70. The van der Waals surface area contributed by atoms with Crippen LogP contribution in [-0.4, -0.2) is 5.75 Å². The van der Waals surface area contributed by atoms with Crippen molar-refractivity contribution in [1.82, 2.24) is 0 Å². The van der Waals surface area contributed by atoms with Gasteiger partial charge in [-0.1, -0.05) is 66.7 Å². The fourth-order valence-corrected chi connectivity index (χ4v) is 4.25. The summed E-state index contributed by atoms with van der Waals surface area (Å²) in [5.41, 5.74) is 5.40. The molecule has 120 valence electrons. The number of hydrogen-bond donors (Lipinski definition) is 1. The van der Waals surface area contributed by atoms with Gasteiger partial charge >= 0.3 is 0 Å². The van der Waals surface area contributed by atoms with Crippen molar-refractivity contribution in [3.8, 4) is 0 Å². The number of benzene rings is 1. The van der Waals surface area contributed by atoms with Gasteiger partial charge in [-0.2, -0.15) is 12.6 Å². The average Bonchev–Trinajstić information content (AvgIpc) is 2.81. The second-order valence-corrected chi connectivity index (χ2v) is 7.81. The number of thiol groups is 1. The fraction of sp³-hybridized carbons (Fsp3) is 0.700. The molecule has 1 unspecified atom stereocenters. The summed E-state index contributed by atoms with van der Waals surface area (Å²) in [6.07, 6.45) is 3.75. The standard InChI is InChI=1S/C18H28S.C2H6/c1-13(2)18(11-12-19)10-9-14-15(17(3,4)5)7-6-8-16(14)18;1-2/h6-8,13,19H,9-12H2,1-5H3;1-2H3. The quantitative estimate of drug-likeness (QED) is 0.634. The molecule has 0 heterocycles. The van der Waals surface area contributed by atoms with E-state index in [1.807, 2.05) is 13.8 Å². The smallest absolute Gasteiger partial charge is 0.00103 e. The lowest BCUT2D eigenvalue weighted by molar-refractivity contribution is 0.296. The van der Waals surface area contributed by atoms with Crippen LogP contribution < -0.4 is 0 Å². The topological polar surface area (TPSA) is 0 Å². The predicted molar refractivity (Wildman–Crippen MR) is 99.8 cm³/mol. The van der Waals surface area contributed by atoms with Crippen LogP contribution in [0.4, 0.5) is 0 Å². The average molecular weight is 307 g/mol. The van der Waals surface area contributed by atoms with Crippen molar-refractivity contribution in [2.75, 3.05) is 5.75 Å². The first kappa shape index (κ1) is 18.6. The monoisotopic (exact) mass is 306 g/mol. The third kappa shape index (κ3) is 3.50. The molecule has 0 fully saturated rings. The van der Waals surface area contributed by atoms with E-state index in [1.165, 1.54) is 19.3 Å². The third-order valence-electron chi connectivity index (χ3n) is 5.00. The molecule has 0 spiro atoms. The Kier molecular flexibility index (Phi) is 6.40. The maximum absolute atomic E-state index is 4.52.